The molecule has 1 aromatic rings. The van der Waals surface area contributed by atoms with Crippen LogP contribution >= 0.6 is 0 Å². The van der Waals surface area contributed by atoms with Gasteiger partial charge in [0, 0.05) is 0 Å². The molecule has 0 saturated carbocycles. The van der Waals surface area contributed by atoms with Crippen molar-refractivity contribution in [2.75, 3.05) is 0 Å². The van der Waals surface area contributed by atoms with Crippen molar-refractivity contribution in [1.29, 1.82) is 0 Å². The second kappa shape index (κ2) is 9.63. The predicted molar refractivity (Wildman–Crippen MR) is 89.4 cm³/mol. The Morgan fingerprint density at radius 2 is 1.85 bits per heavy atom. The second-order valence-electron chi connectivity index (χ2n) is 5.71. The van der Waals surface area contributed by atoms with Crippen LogP contribution in [0.3, 0.4) is 0 Å². The summed E-state index contributed by atoms with van der Waals surface area (Å²) >= 11 is 0. The van der Waals surface area contributed by atoms with Crippen molar-refractivity contribution in [3.63, 3.8) is 0 Å². The summed E-state index contributed by atoms with van der Waals surface area (Å²) in [4.78, 5) is 0. The van der Waals surface area contributed by atoms with Gasteiger partial charge in [0.15, 0.2) is 0 Å². The first-order valence-electron chi connectivity index (χ1n) is 8.07. The molecule has 0 N–H and O–H groups in total. The third kappa shape index (κ3) is 6.27. The lowest BCUT2D eigenvalue weighted by molar-refractivity contribution is 0.206. The Labute approximate surface area is 125 Å². The first-order valence-corrected chi connectivity index (χ1v) is 8.07. The Morgan fingerprint density at radius 1 is 1.15 bits per heavy atom. The number of rotatable bonds is 10. The van der Waals surface area contributed by atoms with Gasteiger partial charge in [0.05, 0.1) is 6.10 Å². The number of hydrogen-bond acceptors (Lipinski definition) is 1. The highest BCUT2D eigenvalue weighted by Gasteiger charge is 2.05. The van der Waals surface area contributed by atoms with Crippen molar-refractivity contribution in [2.45, 2.75) is 71.8 Å². The third-order valence-corrected chi connectivity index (χ3v) is 3.77. The number of aryl methyl sites for hydroxylation is 1. The molecule has 0 saturated heterocycles. The molecule has 0 aliphatic heterocycles. The number of unbranched alkanes of at least 4 members (excludes halogenated alkanes) is 5. The summed E-state index contributed by atoms with van der Waals surface area (Å²) in [6.45, 7) is 10.4. The number of ether oxygens (including phenoxy) is 1. The second-order valence-corrected chi connectivity index (χ2v) is 5.71. The Morgan fingerprint density at radius 3 is 2.55 bits per heavy atom. The standard InChI is InChI=1S/C19H30O/c1-5-7-8-9-10-11-12-17(4)20-19-14-13-16(3)18(6-2)15-19/h6,13-15,17H,2,5,7-12H2,1,3-4H3. The van der Waals surface area contributed by atoms with Crippen LogP contribution in [0.5, 0.6) is 5.75 Å². The van der Waals surface area contributed by atoms with E-state index in [2.05, 4.69) is 45.5 Å². The molecule has 112 valence electrons. The van der Waals surface area contributed by atoms with Crippen molar-refractivity contribution < 1.29 is 4.74 Å². The maximum absolute atomic E-state index is 5.99. The minimum absolute atomic E-state index is 0.293. The smallest absolute Gasteiger partial charge is 0.120 e. The Hall–Kier alpha value is -1.24. The summed E-state index contributed by atoms with van der Waals surface area (Å²) in [5.74, 6) is 0.962. The molecule has 1 aromatic carbocycles. The van der Waals surface area contributed by atoms with E-state index in [0.717, 1.165) is 17.7 Å². The van der Waals surface area contributed by atoms with Crippen LogP contribution in [0.1, 0.15) is 69.9 Å². The molecule has 1 unspecified atom stereocenters. The van der Waals surface area contributed by atoms with E-state index in [1.807, 2.05) is 6.08 Å². The Balaban J connectivity index is 2.28. The van der Waals surface area contributed by atoms with E-state index in [9.17, 15) is 0 Å². The lowest BCUT2D eigenvalue weighted by atomic mass is 10.1. The van der Waals surface area contributed by atoms with E-state index in [1.165, 1.54) is 44.1 Å². The fourth-order valence-corrected chi connectivity index (χ4v) is 2.42. The van der Waals surface area contributed by atoms with Crippen LogP contribution in [0.15, 0.2) is 24.8 Å². The fraction of sp³-hybridized carbons (Fsp3) is 0.579. The van der Waals surface area contributed by atoms with Gasteiger partial charge in [-0.2, -0.15) is 0 Å². The first kappa shape index (κ1) is 16.8. The van der Waals surface area contributed by atoms with Gasteiger partial charge >= 0.3 is 0 Å². The predicted octanol–water partition coefficient (Wildman–Crippen LogP) is 6.16. The van der Waals surface area contributed by atoms with E-state index in [4.69, 9.17) is 4.74 Å². The molecular formula is C19H30O. The quantitative estimate of drug-likeness (QED) is 0.464. The Kier molecular flexibility index (Phi) is 8.10. The number of benzene rings is 1. The normalized spacial score (nSPS) is 12.2. The van der Waals surface area contributed by atoms with Crippen molar-refractivity contribution in [3.8, 4) is 5.75 Å². The van der Waals surface area contributed by atoms with Gasteiger partial charge in [-0.3, -0.25) is 0 Å². The highest BCUT2D eigenvalue weighted by molar-refractivity contribution is 5.54. The lowest BCUT2D eigenvalue weighted by Crippen LogP contribution is -2.11. The van der Waals surface area contributed by atoms with Gasteiger partial charge in [-0.05, 0) is 49.9 Å². The molecule has 0 fully saturated rings. The SMILES string of the molecule is C=Cc1cc(OC(C)CCCCCCCC)ccc1C. The average Bonchev–Trinajstić information content (AvgIpc) is 2.44. The highest BCUT2D eigenvalue weighted by atomic mass is 16.5. The largest absolute Gasteiger partial charge is 0.491 e. The molecule has 0 aromatic heterocycles. The van der Waals surface area contributed by atoms with Gasteiger partial charge in [-0.15, -0.1) is 0 Å². The zero-order valence-electron chi connectivity index (χ0n) is 13.5. The van der Waals surface area contributed by atoms with E-state index in [-0.39, 0.29) is 0 Å². The van der Waals surface area contributed by atoms with Crippen LogP contribution in [0, 0.1) is 6.92 Å². The van der Waals surface area contributed by atoms with Crippen molar-refractivity contribution in [2.24, 2.45) is 0 Å². The molecule has 0 amide bonds. The van der Waals surface area contributed by atoms with Crippen molar-refractivity contribution in [3.05, 3.63) is 35.9 Å². The zero-order valence-corrected chi connectivity index (χ0v) is 13.5. The molecule has 20 heavy (non-hydrogen) atoms. The first-order chi connectivity index (χ1) is 9.67. The monoisotopic (exact) mass is 274 g/mol. The highest BCUT2D eigenvalue weighted by Crippen LogP contribution is 2.20. The van der Waals surface area contributed by atoms with Crippen LogP contribution in [-0.4, -0.2) is 6.10 Å². The molecule has 0 spiro atoms. The molecular weight excluding hydrogens is 244 g/mol. The molecule has 1 atom stereocenters. The van der Waals surface area contributed by atoms with Crippen LogP contribution in [0.25, 0.3) is 6.08 Å². The number of hydrogen-bond donors (Lipinski definition) is 0. The summed E-state index contributed by atoms with van der Waals surface area (Å²) in [7, 11) is 0. The van der Waals surface area contributed by atoms with Crippen LogP contribution in [0.4, 0.5) is 0 Å². The van der Waals surface area contributed by atoms with Gasteiger partial charge < -0.3 is 4.74 Å². The molecule has 0 heterocycles. The summed E-state index contributed by atoms with van der Waals surface area (Å²) in [6, 6.07) is 6.24. The molecule has 0 radical (unpaired) electrons. The average molecular weight is 274 g/mol. The van der Waals surface area contributed by atoms with Crippen LogP contribution in [-0.2, 0) is 0 Å². The van der Waals surface area contributed by atoms with Gasteiger partial charge in [0.25, 0.3) is 0 Å². The summed E-state index contributed by atoms with van der Waals surface area (Å²) in [5, 5.41) is 0. The van der Waals surface area contributed by atoms with E-state index >= 15 is 0 Å². The summed E-state index contributed by atoms with van der Waals surface area (Å²) in [5.41, 5.74) is 2.41. The van der Waals surface area contributed by atoms with Gasteiger partial charge in [0.2, 0.25) is 0 Å². The lowest BCUT2D eigenvalue weighted by Gasteiger charge is -2.15. The molecule has 0 aliphatic carbocycles. The minimum Gasteiger partial charge on any atom is -0.491 e. The summed E-state index contributed by atoms with van der Waals surface area (Å²) in [6.07, 6.45) is 11.4. The molecule has 1 rings (SSSR count). The van der Waals surface area contributed by atoms with E-state index < -0.39 is 0 Å². The van der Waals surface area contributed by atoms with Gasteiger partial charge in [-0.1, -0.05) is 57.7 Å². The van der Waals surface area contributed by atoms with Gasteiger partial charge in [0.1, 0.15) is 5.75 Å². The maximum atomic E-state index is 5.99. The van der Waals surface area contributed by atoms with E-state index in [0.29, 0.717) is 6.10 Å². The minimum atomic E-state index is 0.293. The third-order valence-electron chi connectivity index (χ3n) is 3.77. The van der Waals surface area contributed by atoms with Crippen LogP contribution in [0.2, 0.25) is 0 Å². The summed E-state index contributed by atoms with van der Waals surface area (Å²) < 4.78 is 5.99. The van der Waals surface area contributed by atoms with Crippen molar-refractivity contribution in [1.82, 2.24) is 0 Å². The van der Waals surface area contributed by atoms with Crippen LogP contribution < -0.4 is 4.74 Å². The Bertz CT molecular complexity index is 395. The molecule has 1 heteroatoms. The molecule has 0 bridgehead atoms. The van der Waals surface area contributed by atoms with Gasteiger partial charge in [-0.25, -0.2) is 0 Å². The fourth-order valence-electron chi connectivity index (χ4n) is 2.42. The topological polar surface area (TPSA) is 9.23 Å². The maximum Gasteiger partial charge on any atom is 0.120 e. The zero-order chi connectivity index (χ0) is 14.8. The van der Waals surface area contributed by atoms with Crippen molar-refractivity contribution >= 4 is 6.08 Å². The molecule has 0 aliphatic rings. The molecule has 1 nitrogen and oxygen atoms in total. The van der Waals surface area contributed by atoms with E-state index in [1.54, 1.807) is 0 Å².